The number of hydrogen-bond donors (Lipinski definition) is 3. The van der Waals surface area contributed by atoms with Gasteiger partial charge < -0.3 is 15.6 Å². The van der Waals surface area contributed by atoms with Crippen molar-refractivity contribution in [3.05, 3.63) is 216 Å². The number of anilines is 1. The van der Waals surface area contributed by atoms with Gasteiger partial charge in [0, 0.05) is 46.6 Å². The number of para-hydroxylation sites is 2. The quantitative estimate of drug-likeness (QED) is 0.0856. The summed E-state index contributed by atoms with van der Waals surface area (Å²) in [5, 5.41) is 8.57. The zero-order valence-electron chi connectivity index (χ0n) is 34.4. The second kappa shape index (κ2) is 16.3. The van der Waals surface area contributed by atoms with Crippen molar-refractivity contribution in [2.45, 2.75) is 63.2 Å². The standard InChI is InChI=1S/C54H55N5/c1-39-16-14-20-43(34-39)52(55)58(38-40-17-6-4-7-18-40)56-37-41-19-15-32-53(2,36-41)44-27-29-46(30-28-44)59-50-25-11-10-23-47(50)48-35-42(26-31-51(48)59)49-24-12-13-33-54(49,3)57-45-21-8-5-9-22-45/h4-31,33,35-36,39,49,52,56-57H,32,34,37-38,55H2,1-3H3. The van der Waals surface area contributed by atoms with E-state index in [2.05, 4.69) is 229 Å². The fourth-order valence-electron chi connectivity index (χ4n) is 9.40. The van der Waals surface area contributed by atoms with E-state index in [9.17, 15) is 0 Å². The molecule has 5 unspecified atom stereocenters. The van der Waals surface area contributed by atoms with Crippen LogP contribution in [0.4, 0.5) is 5.69 Å². The molecule has 5 heteroatoms. The van der Waals surface area contributed by atoms with Gasteiger partial charge in [0.1, 0.15) is 0 Å². The molecule has 6 aromatic rings. The Kier molecular flexibility index (Phi) is 10.7. The van der Waals surface area contributed by atoms with E-state index < -0.39 is 0 Å². The Morgan fingerprint density at radius 3 is 2.34 bits per heavy atom. The number of benzene rings is 5. The molecule has 0 fully saturated rings. The predicted molar refractivity (Wildman–Crippen MR) is 248 cm³/mol. The highest BCUT2D eigenvalue weighted by atomic mass is 15.5. The number of aromatic nitrogens is 1. The van der Waals surface area contributed by atoms with Gasteiger partial charge >= 0.3 is 0 Å². The molecule has 1 heterocycles. The lowest BCUT2D eigenvalue weighted by molar-refractivity contribution is 0.139. The summed E-state index contributed by atoms with van der Waals surface area (Å²) < 4.78 is 2.42. The smallest absolute Gasteiger partial charge is 0.0933 e. The molecule has 0 bridgehead atoms. The second-order valence-electron chi connectivity index (χ2n) is 17.1. The molecule has 0 aliphatic heterocycles. The van der Waals surface area contributed by atoms with Crippen molar-refractivity contribution < 1.29 is 0 Å². The lowest BCUT2D eigenvalue weighted by Crippen LogP contribution is -2.51. The van der Waals surface area contributed by atoms with Gasteiger partial charge in [0.05, 0.1) is 22.7 Å². The van der Waals surface area contributed by atoms with Gasteiger partial charge in [-0.15, -0.1) is 0 Å². The van der Waals surface area contributed by atoms with Crippen molar-refractivity contribution in [1.29, 1.82) is 0 Å². The monoisotopic (exact) mass is 773 g/mol. The van der Waals surface area contributed by atoms with Crippen molar-refractivity contribution in [2.75, 3.05) is 11.9 Å². The lowest BCUT2D eigenvalue weighted by Gasteiger charge is -2.37. The first-order valence-corrected chi connectivity index (χ1v) is 21.1. The van der Waals surface area contributed by atoms with Gasteiger partial charge in [0.15, 0.2) is 0 Å². The van der Waals surface area contributed by atoms with E-state index in [4.69, 9.17) is 5.73 Å². The number of allylic oxidation sites excluding steroid dienone is 7. The molecule has 0 radical (unpaired) electrons. The van der Waals surface area contributed by atoms with Gasteiger partial charge in [-0.2, -0.15) is 0 Å². The van der Waals surface area contributed by atoms with E-state index in [1.54, 1.807) is 0 Å². The number of nitrogens with two attached hydrogens (primary N) is 1. The summed E-state index contributed by atoms with van der Waals surface area (Å²) in [5.74, 6) is 0.649. The van der Waals surface area contributed by atoms with Crippen LogP contribution in [0.2, 0.25) is 0 Å². The highest BCUT2D eigenvalue weighted by Gasteiger charge is 2.33. The predicted octanol–water partition coefficient (Wildman–Crippen LogP) is 11.8. The number of nitrogens with one attached hydrogen (secondary N) is 2. The van der Waals surface area contributed by atoms with Crippen LogP contribution in [0.5, 0.6) is 0 Å². The van der Waals surface area contributed by atoms with Crippen molar-refractivity contribution in [2.24, 2.45) is 11.7 Å². The third-order valence-electron chi connectivity index (χ3n) is 12.6. The molecule has 0 saturated carbocycles. The Bertz CT molecular complexity index is 2630. The molecule has 5 nitrogen and oxygen atoms in total. The summed E-state index contributed by atoms with van der Waals surface area (Å²) in [6.45, 7) is 8.32. The van der Waals surface area contributed by atoms with Crippen LogP contribution in [0.25, 0.3) is 27.5 Å². The summed E-state index contributed by atoms with van der Waals surface area (Å²) in [7, 11) is 0. The Morgan fingerprint density at radius 1 is 0.797 bits per heavy atom. The number of rotatable bonds is 12. The zero-order valence-corrected chi connectivity index (χ0v) is 34.4. The third kappa shape index (κ3) is 7.94. The highest BCUT2D eigenvalue weighted by Crippen LogP contribution is 2.41. The van der Waals surface area contributed by atoms with Crippen LogP contribution in [0, 0.1) is 5.92 Å². The molecular weight excluding hydrogens is 719 g/mol. The number of hydrogen-bond acceptors (Lipinski definition) is 4. The molecule has 0 saturated heterocycles. The first-order valence-electron chi connectivity index (χ1n) is 21.1. The van der Waals surface area contributed by atoms with Crippen molar-refractivity contribution >= 4 is 27.5 Å². The summed E-state index contributed by atoms with van der Waals surface area (Å²) in [6.07, 6.45) is 24.3. The zero-order chi connectivity index (χ0) is 40.4. The van der Waals surface area contributed by atoms with Crippen LogP contribution in [0.3, 0.4) is 0 Å². The Hall–Kier alpha value is -5.98. The molecule has 9 rings (SSSR count). The fourth-order valence-corrected chi connectivity index (χ4v) is 9.40. The number of hydrazine groups is 1. The van der Waals surface area contributed by atoms with Crippen molar-refractivity contribution in [3.8, 4) is 5.69 Å². The number of fused-ring (bicyclic) bond motifs is 3. The largest absolute Gasteiger partial charge is 0.375 e. The van der Waals surface area contributed by atoms with Crippen molar-refractivity contribution in [3.63, 3.8) is 0 Å². The summed E-state index contributed by atoms with van der Waals surface area (Å²) in [5.41, 5.74) is 21.4. The van der Waals surface area contributed by atoms with Gasteiger partial charge in [-0.25, -0.2) is 10.4 Å². The topological polar surface area (TPSA) is 58.2 Å². The molecule has 4 N–H and O–H groups in total. The van der Waals surface area contributed by atoms with Crippen LogP contribution in [0.15, 0.2) is 199 Å². The van der Waals surface area contributed by atoms with E-state index in [-0.39, 0.29) is 23.0 Å². The molecule has 5 atom stereocenters. The van der Waals surface area contributed by atoms with E-state index in [1.807, 2.05) is 0 Å². The molecule has 296 valence electrons. The van der Waals surface area contributed by atoms with Gasteiger partial charge in [-0.05, 0) is 96.0 Å². The Labute approximate surface area is 349 Å². The Balaban J connectivity index is 0.975. The lowest BCUT2D eigenvalue weighted by atomic mass is 9.75. The highest BCUT2D eigenvalue weighted by molar-refractivity contribution is 6.09. The van der Waals surface area contributed by atoms with Gasteiger partial charge in [-0.1, -0.05) is 160 Å². The molecule has 0 spiro atoms. The first kappa shape index (κ1) is 38.5. The van der Waals surface area contributed by atoms with Crippen molar-refractivity contribution in [1.82, 2.24) is 15.0 Å². The first-order chi connectivity index (χ1) is 28.8. The van der Waals surface area contributed by atoms with E-state index in [0.717, 1.165) is 30.8 Å². The maximum absolute atomic E-state index is 6.98. The minimum atomic E-state index is -0.273. The van der Waals surface area contributed by atoms with Crippen LogP contribution in [-0.2, 0) is 12.0 Å². The third-order valence-corrected chi connectivity index (χ3v) is 12.6. The van der Waals surface area contributed by atoms with E-state index in [1.165, 1.54) is 49.6 Å². The molecule has 5 aromatic carbocycles. The summed E-state index contributed by atoms with van der Waals surface area (Å²) in [4.78, 5) is 0. The van der Waals surface area contributed by atoms with E-state index in [0.29, 0.717) is 12.5 Å². The summed E-state index contributed by atoms with van der Waals surface area (Å²) >= 11 is 0. The molecule has 1 aromatic heterocycles. The average molecular weight is 774 g/mol. The maximum Gasteiger partial charge on any atom is 0.0933 e. The molecule has 3 aliphatic rings. The van der Waals surface area contributed by atoms with Crippen LogP contribution >= 0.6 is 0 Å². The average Bonchev–Trinajstić information content (AvgIpc) is 3.59. The SMILES string of the molecule is CC1C=CC=C(C(N)N(Cc2ccccc2)NCC2=CC(C)(c3ccc(-n4c5ccccc5c5cc(C6C=CC=CC6(C)Nc6ccccc6)ccc54)cc3)CC=C2)C1. The molecular formula is C54H55N5. The van der Waals surface area contributed by atoms with Crippen LogP contribution in [0.1, 0.15) is 56.2 Å². The second-order valence-corrected chi connectivity index (χ2v) is 17.1. The Morgan fingerprint density at radius 2 is 1.54 bits per heavy atom. The van der Waals surface area contributed by atoms with E-state index >= 15 is 0 Å². The van der Waals surface area contributed by atoms with Gasteiger partial charge in [0.2, 0.25) is 0 Å². The number of nitrogens with zero attached hydrogens (tertiary/aromatic N) is 2. The van der Waals surface area contributed by atoms with Gasteiger partial charge in [-0.3, -0.25) is 0 Å². The molecule has 0 amide bonds. The van der Waals surface area contributed by atoms with Crippen LogP contribution in [-0.4, -0.2) is 27.8 Å². The maximum atomic E-state index is 6.98. The molecule has 59 heavy (non-hydrogen) atoms. The summed E-state index contributed by atoms with van der Waals surface area (Å²) in [6, 6.07) is 46.2. The van der Waals surface area contributed by atoms with Gasteiger partial charge in [0.25, 0.3) is 0 Å². The van der Waals surface area contributed by atoms with Crippen LogP contribution < -0.4 is 16.5 Å². The fraction of sp³-hybridized carbons (Fsp3) is 0.222. The minimum absolute atomic E-state index is 0.138. The normalized spacial score (nSPS) is 23.1. The molecule has 3 aliphatic carbocycles. The minimum Gasteiger partial charge on any atom is -0.375 e.